The van der Waals surface area contributed by atoms with Crippen molar-refractivity contribution in [3.05, 3.63) is 99.3 Å². The van der Waals surface area contributed by atoms with Gasteiger partial charge in [0.05, 0.1) is 22.0 Å². The molecular formula is C28H17Cl3F3N5O2. The molecule has 0 aliphatic heterocycles. The minimum atomic E-state index is -4.57. The maximum atomic E-state index is 13.9. The van der Waals surface area contributed by atoms with E-state index < -0.39 is 23.4 Å². The molecule has 3 aromatic carbocycles. The number of hydrogen-bond donors (Lipinski definition) is 1. The van der Waals surface area contributed by atoms with E-state index in [1.165, 1.54) is 10.7 Å². The predicted molar refractivity (Wildman–Crippen MR) is 149 cm³/mol. The highest BCUT2D eigenvalue weighted by Gasteiger charge is 2.68. The Labute approximate surface area is 245 Å². The number of alkyl halides is 3. The van der Waals surface area contributed by atoms with Crippen LogP contribution in [-0.4, -0.2) is 32.1 Å². The first-order valence-electron chi connectivity index (χ1n) is 12.2. The third-order valence-corrected chi connectivity index (χ3v) is 7.52. The summed E-state index contributed by atoms with van der Waals surface area (Å²) >= 11 is 18.8. The zero-order chi connectivity index (χ0) is 28.9. The summed E-state index contributed by atoms with van der Waals surface area (Å²) in [5.41, 5.74) is -0.804. The van der Waals surface area contributed by atoms with E-state index in [1.54, 1.807) is 66.7 Å². The number of carbonyl (C=O) groups is 1. The van der Waals surface area contributed by atoms with Gasteiger partial charge in [-0.15, -0.1) is 10.2 Å². The lowest BCUT2D eigenvalue weighted by Gasteiger charge is -2.14. The lowest BCUT2D eigenvalue weighted by Crippen LogP contribution is -2.28. The molecule has 0 unspecified atom stereocenters. The Morgan fingerprint density at radius 3 is 2.24 bits per heavy atom. The molecule has 0 spiro atoms. The first-order valence-corrected chi connectivity index (χ1v) is 13.3. The smallest absolute Gasteiger partial charge is 0.403 e. The number of halogens is 6. The van der Waals surface area contributed by atoms with Crippen molar-refractivity contribution in [3.8, 4) is 28.5 Å². The van der Waals surface area contributed by atoms with Crippen LogP contribution in [0.3, 0.4) is 0 Å². The number of aromatic nitrogens is 4. The molecule has 5 aromatic rings. The van der Waals surface area contributed by atoms with Crippen LogP contribution in [0.4, 0.5) is 18.9 Å². The maximum Gasteiger partial charge on any atom is 0.403 e. The van der Waals surface area contributed by atoms with Crippen LogP contribution in [-0.2, 0) is 5.41 Å². The summed E-state index contributed by atoms with van der Waals surface area (Å²) in [6.45, 7) is 0. The maximum absolute atomic E-state index is 13.9. The van der Waals surface area contributed by atoms with Gasteiger partial charge in [0.2, 0.25) is 5.89 Å². The van der Waals surface area contributed by atoms with Crippen molar-refractivity contribution in [3.63, 3.8) is 0 Å². The van der Waals surface area contributed by atoms with Crippen molar-refractivity contribution in [1.29, 1.82) is 0 Å². The summed E-state index contributed by atoms with van der Waals surface area (Å²) in [5, 5.41) is 16.1. The Kier molecular flexibility index (Phi) is 6.80. The Morgan fingerprint density at radius 2 is 1.61 bits per heavy atom. The fourth-order valence-electron chi connectivity index (χ4n) is 4.46. The molecule has 0 saturated heterocycles. The molecule has 0 radical (unpaired) electrons. The number of nitrogens with one attached hydrogen (secondary N) is 1. The van der Waals surface area contributed by atoms with Gasteiger partial charge in [-0.05, 0) is 55.3 Å². The van der Waals surface area contributed by atoms with Crippen molar-refractivity contribution >= 4 is 46.4 Å². The molecule has 2 heterocycles. The van der Waals surface area contributed by atoms with Crippen molar-refractivity contribution in [1.82, 2.24) is 20.0 Å². The highest BCUT2D eigenvalue weighted by atomic mass is 35.5. The molecule has 1 aliphatic rings. The van der Waals surface area contributed by atoms with Crippen molar-refractivity contribution in [2.24, 2.45) is 0 Å². The molecule has 1 fully saturated rings. The molecule has 1 N–H and O–H groups in total. The van der Waals surface area contributed by atoms with Gasteiger partial charge in [0.1, 0.15) is 5.41 Å². The van der Waals surface area contributed by atoms with Crippen molar-refractivity contribution in [2.75, 3.05) is 5.32 Å². The van der Waals surface area contributed by atoms with Crippen LogP contribution in [0.5, 0.6) is 0 Å². The number of amides is 1. The SMILES string of the molecule is O=C(Nc1ccccc1)c1c(-c2nnc(C3(C(F)(F)F)CC3)o2)nn(-c2ccc(Cl)cc2Cl)c1-c1ccc(Cl)cc1. The highest BCUT2D eigenvalue weighted by Crippen LogP contribution is 2.58. The van der Waals surface area contributed by atoms with Gasteiger partial charge in [-0.3, -0.25) is 4.79 Å². The number of anilines is 1. The van der Waals surface area contributed by atoms with E-state index in [2.05, 4.69) is 20.6 Å². The summed E-state index contributed by atoms with van der Waals surface area (Å²) in [6, 6.07) is 19.9. The van der Waals surface area contributed by atoms with Crippen molar-refractivity contribution in [2.45, 2.75) is 24.4 Å². The molecule has 2 aromatic heterocycles. The molecular weight excluding hydrogens is 602 g/mol. The van der Waals surface area contributed by atoms with Crippen LogP contribution in [0.1, 0.15) is 29.1 Å². The van der Waals surface area contributed by atoms with E-state index in [1.807, 2.05) is 0 Å². The van der Waals surface area contributed by atoms with Gasteiger partial charge >= 0.3 is 6.18 Å². The zero-order valence-electron chi connectivity index (χ0n) is 20.7. The minimum Gasteiger partial charge on any atom is -0.418 e. The fraction of sp³-hybridized carbons (Fsp3) is 0.143. The Morgan fingerprint density at radius 1 is 0.927 bits per heavy atom. The van der Waals surface area contributed by atoms with Crippen LogP contribution in [0.15, 0.2) is 77.2 Å². The molecule has 1 saturated carbocycles. The van der Waals surface area contributed by atoms with Gasteiger partial charge in [-0.1, -0.05) is 65.1 Å². The van der Waals surface area contributed by atoms with E-state index in [4.69, 9.17) is 39.2 Å². The number of hydrogen-bond acceptors (Lipinski definition) is 5. The molecule has 13 heteroatoms. The fourth-order valence-corrected chi connectivity index (χ4v) is 5.07. The number of carbonyl (C=O) groups excluding carboxylic acids is 1. The number of benzene rings is 3. The van der Waals surface area contributed by atoms with Crippen LogP contribution in [0, 0.1) is 0 Å². The molecule has 208 valence electrons. The van der Waals surface area contributed by atoms with Crippen LogP contribution < -0.4 is 5.32 Å². The van der Waals surface area contributed by atoms with Crippen LogP contribution >= 0.6 is 34.8 Å². The van der Waals surface area contributed by atoms with E-state index >= 15 is 0 Å². The Hall–Kier alpha value is -3.86. The normalized spacial score (nSPS) is 14.2. The average molecular weight is 619 g/mol. The van der Waals surface area contributed by atoms with Gasteiger partial charge in [-0.25, -0.2) is 4.68 Å². The second-order valence-corrected chi connectivity index (χ2v) is 10.7. The Balaban J connectivity index is 1.60. The molecule has 1 aliphatic carbocycles. The highest BCUT2D eigenvalue weighted by molar-refractivity contribution is 6.35. The van der Waals surface area contributed by atoms with Gasteiger partial charge < -0.3 is 9.73 Å². The minimum absolute atomic E-state index is 0.0331. The second-order valence-electron chi connectivity index (χ2n) is 9.40. The lowest BCUT2D eigenvalue weighted by molar-refractivity contribution is -0.165. The average Bonchev–Trinajstić information content (AvgIpc) is 3.46. The largest absolute Gasteiger partial charge is 0.418 e. The van der Waals surface area contributed by atoms with Gasteiger partial charge in [-0.2, -0.15) is 18.3 Å². The number of para-hydroxylation sites is 1. The summed E-state index contributed by atoms with van der Waals surface area (Å²) in [6.07, 6.45) is -4.93. The van der Waals surface area contributed by atoms with E-state index in [0.29, 0.717) is 27.0 Å². The summed E-state index contributed by atoms with van der Waals surface area (Å²) in [4.78, 5) is 13.9. The predicted octanol–water partition coefficient (Wildman–Crippen LogP) is 8.40. The van der Waals surface area contributed by atoms with E-state index in [9.17, 15) is 18.0 Å². The standard InChI is InChI=1S/C28H17Cl3F3N5O2/c29-16-8-6-15(7-9-16)23-21(24(40)35-18-4-2-1-3-5-18)22(38-39(23)20-11-10-17(30)14-19(20)31)25-36-37-26(41-25)27(12-13-27)28(32,33)34/h1-11,14H,12-13H2,(H,35,40). The summed E-state index contributed by atoms with van der Waals surface area (Å²) in [7, 11) is 0. The number of rotatable bonds is 6. The molecule has 7 nitrogen and oxygen atoms in total. The first kappa shape index (κ1) is 27.3. The van der Waals surface area contributed by atoms with Crippen LogP contribution in [0.25, 0.3) is 28.5 Å². The van der Waals surface area contributed by atoms with Gasteiger partial charge in [0, 0.05) is 21.3 Å². The molecule has 41 heavy (non-hydrogen) atoms. The lowest BCUT2D eigenvalue weighted by atomic mass is 10.0. The zero-order valence-corrected chi connectivity index (χ0v) is 23.0. The number of nitrogens with zero attached hydrogens (tertiary/aromatic N) is 4. The molecule has 6 rings (SSSR count). The van der Waals surface area contributed by atoms with Crippen LogP contribution in [0.2, 0.25) is 15.1 Å². The topological polar surface area (TPSA) is 85.8 Å². The summed E-state index contributed by atoms with van der Waals surface area (Å²) < 4.78 is 48.4. The van der Waals surface area contributed by atoms with Gasteiger partial charge in [0.25, 0.3) is 11.8 Å². The summed E-state index contributed by atoms with van der Waals surface area (Å²) in [5.74, 6) is -1.56. The van der Waals surface area contributed by atoms with Gasteiger partial charge in [0.15, 0.2) is 5.69 Å². The molecule has 0 atom stereocenters. The van der Waals surface area contributed by atoms with E-state index in [0.717, 1.165) is 0 Å². The molecule has 1 amide bonds. The first-order chi connectivity index (χ1) is 19.6. The second kappa shape index (κ2) is 10.2. The molecule has 0 bridgehead atoms. The Bertz CT molecular complexity index is 1770. The van der Waals surface area contributed by atoms with E-state index in [-0.39, 0.29) is 40.7 Å². The third-order valence-electron chi connectivity index (χ3n) is 6.73. The third kappa shape index (κ3) is 4.96. The van der Waals surface area contributed by atoms with Crippen molar-refractivity contribution < 1.29 is 22.4 Å². The quantitative estimate of drug-likeness (QED) is 0.207. The monoisotopic (exact) mass is 617 g/mol.